The average Bonchev–Trinajstić information content (AvgIpc) is 2.50. The molecule has 2 heteroatoms. The van der Waals surface area contributed by atoms with Gasteiger partial charge in [-0.3, -0.25) is 0 Å². The monoisotopic (exact) mass is 282 g/mol. The number of benzene rings is 1. The number of allylic oxidation sites excluding steroid dienone is 3. The minimum absolute atomic E-state index is 0.303. The lowest BCUT2D eigenvalue weighted by Crippen LogP contribution is -1.98. The molecule has 0 saturated heterocycles. The highest BCUT2D eigenvalue weighted by Crippen LogP contribution is 2.01. The van der Waals surface area contributed by atoms with Crippen LogP contribution >= 0.6 is 0 Å². The first-order valence-corrected chi connectivity index (χ1v) is 7.32. The first kappa shape index (κ1) is 16.8. The van der Waals surface area contributed by atoms with Crippen molar-refractivity contribution in [1.29, 1.82) is 0 Å². The summed E-state index contributed by atoms with van der Waals surface area (Å²) >= 11 is 0. The van der Waals surface area contributed by atoms with Crippen molar-refractivity contribution in [2.75, 3.05) is 6.61 Å². The van der Waals surface area contributed by atoms with E-state index in [0.29, 0.717) is 6.61 Å². The molecule has 0 aliphatic heterocycles. The number of esters is 1. The quantitative estimate of drug-likeness (QED) is 0.248. The molecular weight excluding hydrogens is 260 g/mol. The summed E-state index contributed by atoms with van der Waals surface area (Å²) in [7, 11) is 0. The minimum atomic E-state index is -0.303. The molecule has 0 amide bonds. The summed E-state index contributed by atoms with van der Waals surface area (Å²) in [6.45, 7) is 2.20. The maximum Gasteiger partial charge on any atom is 0.330 e. The Hall–Kier alpha value is -2.27. The fourth-order valence-corrected chi connectivity index (χ4v) is 1.68. The van der Waals surface area contributed by atoms with Gasteiger partial charge in [-0.15, -0.1) is 11.8 Å². The predicted octanol–water partition coefficient (Wildman–Crippen LogP) is 4.08. The second-order valence-electron chi connectivity index (χ2n) is 4.42. The SMILES string of the molecule is CCOC(=O)/C=C/C=CCCC#CCCc1ccccc1. The Morgan fingerprint density at radius 1 is 1.14 bits per heavy atom. The van der Waals surface area contributed by atoms with E-state index < -0.39 is 0 Å². The van der Waals surface area contributed by atoms with Gasteiger partial charge in [-0.2, -0.15) is 0 Å². The molecule has 0 saturated carbocycles. The topological polar surface area (TPSA) is 26.3 Å². The molecule has 0 N–H and O–H groups in total. The van der Waals surface area contributed by atoms with Crippen LogP contribution in [0.4, 0.5) is 0 Å². The van der Waals surface area contributed by atoms with Gasteiger partial charge in [0.2, 0.25) is 0 Å². The van der Waals surface area contributed by atoms with Crippen LogP contribution in [-0.2, 0) is 16.0 Å². The number of hydrogen-bond donors (Lipinski definition) is 0. The van der Waals surface area contributed by atoms with Crippen LogP contribution in [0.5, 0.6) is 0 Å². The Labute approximate surface area is 127 Å². The van der Waals surface area contributed by atoms with E-state index >= 15 is 0 Å². The summed E-state index contributed by atoms with van der Waals surface area (Å²) in [5.41, 5.74) is 1.33. The van der Waals surface area contributed by atoms with Gasteiger partial charge in [0.05, 0.1) is 6.61 Å². The van der Waals surface area contributed by atoms with Gasteiger partial charge in [-0.25, -0.2) is 4.79 Å². The third-order valence-corrected chi connectivity index (χ3v) is 2.71. The van der Waals surface area contributed by atoms with Crippen LogP contribution in [0, 0.1) is 11.8 Å². The highest BCUT2D eigenvalue weighted by atomic mass is 16.5. The largest absolute Gasteiger partial charge is 0.463 e. The van der Waals surface area contributed by atoms with Gasteiger partial charge in [0.25, 0.3) is 0 Å². The fourth-order valence-electron chi connectivity index (χ4n) is 1.68. The van der Waals surface area contributed by atoms with Gasteiger partial charge in [0, 0.05) is 18.9 Å². The lowest BCUT2D eigenvalue weighted by Gasteiger charge is -1.94. The van der Waals surface area contributed by atoms with Crippen molar-refractivity contribution in [2.24, 2.45) is 0 Å². The van der Waals surface area contributed by atoms with E-state index in [0.717, 1.165) is 25.7 Å². The van der Waals surface area contributed by atoms with Gasteiger partial charge in [-0.1, -0.05) is 48.6 Å². The van der Waals surface area contributed by atoms with Crippen molar-refractivity contribution >= 4 is 5.97 Å². The molecule has 2 nitrogen and oxygen atoms in total. The zero-order valence-electron chi connectivity index (χ0n) is 12.5. The first-order valence-electron chi connectivity index (χ1n) is 7.32. The molecule has 0 aliphatic carbocycles. The smallest absolute Gasteiger partial charge is 0.330 e. The number of unbranched alkanes of at least 4 members (excludes halogenated alkanes) is 1. The average molecular weight is 282 g/mol. The Morgan fingerprint density at radius 3 is 2.67 bits per heavy atom. The Morgan fingerprint density at radius 2 is 1.90 bits per heavy atom. The maximum atomic E-state index is 11.0. The molecule has 0 heterocycles. The van der Waals surface area contributed by atoms with Crippen molar-refractivity contribution in [3.63, 3.8) is 0 Å². The molecule has 0 spiro atoms. The van der Waals surface area contributed by atoms with Gasteiger partial charge in [-0.05, 0) is 25.3 Å². The molecule has 0 bridgehead atoms. The Bertz CT molecular complexity index is 515. The molecule has 21 heavy (non-hydrogen) atoms. The molecule has 0 aromatic heterocycles. The van der Waals surface area contributed by atoms with Gasteiger partial charge in [0.15, 0.2) is 0 Å². The van der Waals surface area contributed by atoms with Crippen LogP contribution in [0.2, 0.25) is 0 Å². The maximum absolute atomic E-state index is 11.0. The van der Waals surface area contributed by atoms with Crippen LogP contribution in [0.3, 0.4) is 0 Å². The second-order valence-corrected chi connectivity index (χ2v) is 4.42. The van der Waals surface area contributed by atoms with Crippen molar-refractivity contribution in [3.05, 3.63) is 60.2 Å². The van der Waals surface area contributed by atoms with Gasteiger partial charge in [0.1, 0.15) is 0 Å². The van der Waals surface area contributed by atoms with E-state index in [1.165, 1.54) is 11.6 Å². The van der Waals surface area contributed by atoms with Gasteiger partial charge < -0.3 is 4.74 Å². The molecule has 1 aromatic rings. The fraction of sp³-hybridized carbons (Fsp3) is 0.316. The van der Waals surface area contributed by atoms with Crippen LogP contribution in [0.1, 0.15) is 31.7 Å². The van der Waals surface area contributed by atoms with Crippen molar-refractivity contribution in [1.82, 2.24) is 0 Å². The summed E-state index contributed by atoms with van der Waals surface area (Å²) in [6, 6.07) is 10.4. The van der Waals surface area contributed by atoms with Crippen LogP contribution in [0.15, 0.2) is 54.6 Å². The van der Waals surface area contributed by atoms with E-state index in [4.69, 9.17) is 4.74 Å². The van der Waals surface area contributed by atoms with E-state index in [-0.39, 0.29) is 5.97 Å². The molecule has 0 aliphatic rings. The van der Waals surface area contributed by atoms with E-state index in [2.05, 4.69) is 36.1 Å². The minimum Gasteiger partial charge on any atom is -0.463 e. The van der Waals surface area contributed by atoms with E-state index in [1.807, 2.05) is 18.2 Å². The molecule has 110 valence electrons. The normalized spacial score (nSPS) is 10.5. The first-order chi connectivity index (χ1) is 10.3. The molecule has 1 rings (SSSR count). The number of ether oxygens (including phenoxy) is 1. The number of aryl methyl sites for hydroxylation is 1. The Balaban J connectivity index is 2.09. The summed E-state index contributed by atoms with van der Waals surface area (Å²) in [5, 5.41) is 0. The summed E-state index contributed by atoms with van der Waals surface area (Å²) < 4.78 is 4.77. The number of rotatable bonds is 7. The number of hydrogen-bond acceptors (Lipinski definition) is 2. The molecular formula is C19H22O2. The van der Waals surface area contributed by atoms with E-state index in [9.17, 15) is 4.79 Å². The third kappa shape index (κ3) is 9.29. The molecule has 0 unspecified atom stereocenters. The van der Waals surface area contributed by atoms with Crippen molar-refractivity contribution < 1.29 is 9.53 Å². The standard InChI is InChI=1S/C19H22O2/c1-2-21-19(20)17-13-8-6-4-3-5-7-10-14-18-15-11-9-12-16-18/h6,8-9,11-13,15-17H,2-4,10,14H2,1H3/b8-6?,17-13+. The molecule has 1 aromatic carbocycles. The highest BCUT2D eigenvalue weighted by molar-refractivity contribution is 5.82. The molecule has 0 fully saturated rings. The number of carbonyl (C=O) groups is 1. The summed E-state index contributed by atoms with van der Waals surface area (Å²) in [4.78, 5) is 11.0. The van der Waals surface area contributed by atoms with Crippen LogP contribution in [-0.4, -0.2) is 12.6 Å². The van der Waals surface area contributed by atoms with E-state index in [1.54, 1.807) is 13.0 Å². The van der Waals surface area contributed by atoms with Crippen LogP contribution in [0.25, 0.3) is 0 Å². The third-order valence-electron chi connectivity index (χ3n) is 2.71. The zero-order chi connectivity index (χ0) is 15.2. The highest BCUT2D eigenvalue weighted by Gasteiger charge is 1.90. The second kappa shape index (κ2) is 11.5. The lowest BCUT2D eigenvalue weighted by atomic mass is 10.1. The summed E-state index contributed by atoms with van der Waals surface area (Å²) in [5.74, 6) is 6.04. The molecule has 0 radical (unpaired) electrons. The predicted molar refractivity (Wildman–Crippen MR) is 86.7 cm³/mol. The number of carbonyl (C=O) groups excluding carboxylic acids is 1. The summed E-state index contributed by atoms with van der Waals surface area (Å²) in [6.07, 6.45) is 10.6. The Kier molecular flexibility index (Phi) is 9.23. The molecule has 0 atom stereocenters. The van der Waals surface area contributed by atoms with Crippen molar-refractivity contribution in [2.45, 2.75) is 32.6 Å². The van der Waals surface area contributed by atoms with Crippen LogP contribution < -0.4 is 0 Å². The van der Waals surface area contributed by atoms with Crippen molar-refractivity contribution in [3.8, 4) is 11.8 Å². The lowest BCUT2D eigenvalue weighted by molar-refractivity contribution is -0.137. The zero-order valence-corrected chi connectivity index (χ0v) is 12.5. The van der Waals surface area contributed by atoms with Gasteiger partial charge >= 0.3 is 5.97 Å².